The Bertz CT molecular complexity index is 540. The molecule has 1 saturated heterocycles. The Morgan fingerprint density at radius 3 is 2.92 bits per heavy atom. The normalized spacial score (nSPS) is 16.9. The van der Waals surface area contributed by atoms with Crippen molar-refractivity contribution >= 4 is 11.9 Å². The highest BCUT2D eigenvalue weighted by Gasteiger charge is 2.15. The number of carbonyl (C=O) groups excluding carboxylic acids is 1. The number of aromatic carboxylic acids is 1. The van der Waals surface area contributed by atoms with Gasteiger partial charge in [-0.2, -0.15) is 0 Å². The van der Waals surface area contributed by atoms with Gasteiger partial charge in [0.25, 0.3) is 0 Å². The summed E-state index contributed by atoms with van der Waals surface area (Å²) in [6, 6.07) is 6.77. The standard InChI is InChI=1S/C18H25NO5/c20-17(7-6-15-4-1-2-5-16(15)18(21)22)19-9-3-10-23-12-14-8-11-24-13-14/h1-2,4-5,14H,3,6-13H2,(H,19,20)(H,21,22). The third-order valence-corrected chi connectivity index (χ3v) is 4.03. The molecule has 132 valence electrons. The molecule has 0 spiro atoms. The van der Waals surface area contributed by atoms with E-state index in [-0.39, 0.29) is 17.9 Å². The third kappa shape index (κ3) is 6.29. The van der Waals surface area contributed by atoms with E-state index in [4.69, 9.17) is 14.6 Å². The zero-order valence-corrected chi connectivity index (χ0v) is 13.8. The number of amides is 1. The summed E-state index contributed by atoms with van der Waals surface area (Å²) in [6.45, 7) is 3.53. The largest absolute Gasteiger partial charge is 0.478 e. The first kappa shape index (κ1) is 18.4. The molecule has 2 N–H and O–H groups in total. The Morgan fingerprint density at radius 2 is 2.17 bits per heavy atom. The van der Waals surface area contributed by atoms with Crippen molar-refractivity contribution < 1.29 is 24.2 Å². The molecular formula is C18H25NO5. The van der Waals surface area contributed by atoms with Gasteiger partial charge in [-0.15, -0.1) is 0 Å². The van der Waals surface area contributed by atoms with Crippen LogP contribution < -0.4 is 5.32 Å². The van der Waals surface area contributed by atoms with Crippen molar-refractivity contribution in [3.05, 3.63) is 35.4 Å². The van der Waals surface area contributed by atoms with Gasteiger partial charge in [-0.3, -0.25) is 4.79 Å². The monoisotopic (exact) mass is 335 g/mol. The lowest BCUT2D eigenvalue weighted by molar-refractivity contribution is -0.121. The number of carboxylic acid groups (broad SMARTS) is 1. The first-order chi connectivity index (χ1) is 11.7. The quantitative estimate of drug-likeness (QED) is 0.638. The number of aryl methyl sites for hydroxylation is 1. The lowest BCUT2D eigenvalue weighted by Crippen LogP contribution is -2.26. The number of hydrogen-bond acceptors (Lipinski definition) is 4. The second-order valence-electron chi connectivity index (χ2n) is 5.97. The van der Waals surface area contributed by atoms with Gasteiger partial charge in [-0.25, -0.2) is 4.79 Å². The van der Waals surface area contributed by atoms with Crippen molar-refractivity contribution in [2.24, 2.45) is 5.92 Å². The van der Waals surface area contributed by atoms with Crippen LogP contribution in [-0.2, 0) is 20.7 Å². The molecule has 1 fully saturated rings. The smallest absolute Gasteiger partial charge is 0.335 e. The number of rotatable bonds is 10. The first-order valence-corrected chi connectivity index (χ1v) is 8.40. The number of hydrogen-bond donors (Lipinski definition) is 2. The molecule has 0 aromatic heterocycles. The minimum absolute atomic E-state index is 0.0700. The number of ether oxygens (including phenoxy) is 2. The van der Waals surface area contributed by atoms with Crippen LogP contribution in [0.4, 0.5) is 0 Å². The molecule has 1 aromatic rings. The van der Waals surface area contributed by atoms with E-state index >= 15 is 0 Å². The van der Waals surface area contributed by atoms with Crippen LogP contribution in [0.1, 0.15) is 35.2 Å². The summed E-state index contributed by atoms with van der Waals surface area (Å²) in [6.07, 6.45) is 2.54. The predicted octanol–water partition coefficient (Wildman–Crippen LogP) is 1.88. The van der Waals surface area contributed by atoms with Crippen LogP contribution in [0.2, 0.25) is 0 Å². The maximum atomic E-state index is 11.8. The first-order valence-electron chi connectivity index (χ1n) is 8.40. The molecule has 1 aromatic carbocycles. The predicted molar refractivity (Wildman–Crippen MR) is 89.1 cm³/mol. The average Bonchev–Trinajstić information content (AvgIpc) is 3.09. The fourth-order valence-electron chi connectivity index (χ4n) is 2.65. The van der Waals surface area contributed by atoms with Gasteiger partial charge in [0.05, 0.1) is 18.8 Å². The average molecular weight is 335 g/mol. The van der Waals surface area contributed by atoms with E-state index in [9.17, 15) is 9.59 Å². The van der Waals surface area contributed by atoms with Gasteiger partial charge in [0.1, 0.15) is 0 Å². The van der Waals surface area contributed by atoms with Gasteiger partial charge in [0.15, 0.2) is 0 Å². The van der Waals surface area contributed by atoms with E-state index < -0.39 is 5.97 Å². The fourth-order valence-corrected chi connectivity index (χ4v) is 2.65. The fraction of sp³-hybridized carbons (Fsp3) is 0.556. The molecule has 1 atom stereocenters. The van der Waals surface area contributed by atoms with Gasteiger partial charge >= 0.3 is 5.97 Å². The van der Waals surface area contributed by atoms with Crippen molar-refractivity contribution in [2.45, 2.75) is 25.7 Å². The second kappa shape index (κ2) is 10.1. The number of benzene rings is 1. The summed E-state index contributed by atoms with van der Waals surface area (Å²) in [7, 11) is 0. The molecular weight excluding hydrogens is 310 g/mol. The molecule has 1 unspecified atom stereocenters. The lowest BCUT2D eigenvalue weighted by Gasteiger charge is -2.09. The molecule has 0 radical (unpaired) electrons. The summed E-state index contributed by atoms with van der Waals surface area (Å²) in [4.78, 5) is 22.9. The highest BCUT2D eigenvalue weighted by molar-refractivity contribution is 5.89. The summed E-state index contributed by atoms with van der Waals surface area (Å²) in [5.41, 5.74) is 0.942. The van der Waals surface area contributed by atoms with E-state index in [1.807, 2.05) is 0 Å². The summed E-state index contributed by atoms with van der Waals surface area (Å²) in [5.74, 6) is -0.524. The van der Waals surface area contributed by atoms with E-state index in [1.54, 1.807) is 24.3 Å². The lowest BCUT2D eigenvalue weighted by atomic mass is 10.0. The Morgan fingerprint density at radius 1 is 1.33 bits per heavy atom. The molecule has 6 heteroatoms. The van der Waals surface area contributed by atoms with Crippen molar-refractivity contribution in [3.63, 3.8) is 0 Å². The zero-order valence-electron chi connectivity index (χ0n) is 13.8. The van der Waals surface area contributed by atoms with Gasteiger partial charge in [0, 0.05) is 32.1 Å². The minimum atomic E-state index is -0.962. The van der Waals surface area contributed by atoms with Crippen LogP contribution in [0.15, 0.2) is 24.3 Å². The molecule has 1 aliphatic rings. The van der Waals surface area contributed by atoms with E-state index in [0.717, 1.165) is 32.7 Å². The van der Waals surface area contributed by atoms with Crippen LogP contribution in [0, 0.1) is 5.92 Å². The summed E-state index contributed by atoms with van der Waals surface area (Å²) >= 11 is 0. The van der Waals surface area contributed by atoms with Gasteiger partial charge in [-0.05, 0) is 30.9 Å². The van der Waals surface area contributed by atoms with Crippen LogP contribution in [0.5, 0.6) is 0 Å². The van der Waals surface area contributed by atoms with Crippen LogP contribution in [0.3, 0.4) is 0 Å². The zero-order chi connectivity index (χ0) is 17.2. The summed E-state index contributed by atoms with van der Waals surface area (Å²) < 4.78 is 10.9. The van der Waals surface area contributed by atoms with Crippen LogP contribution in [0.25, 0.3) is 0 Å². The highest BCUT2D eigenvalue weighted by atomic mass is 16.5. The van der Waals surface area contributed by atoms with E-state index in [1.165, 1.54) is 0 Å². The topological polar surface area (TPSA) is 84.9 Å². The maximum Gasteiger partial charge on any atom is 0.335 e. The number of carboxylic acids is 1. The Balaban J connectivity index is 1.56. The van der Waals surface area contributed by atoms with Gasteiger partial charge in [0.2, 0.25) is 5.91 Å². The number of carbonyl (C=O) groups is 2. The van der Waals surface area contributed by atoms with Crippen molar-refractivity contribution in [1.82, 2.24) is 5.32 Å². The van der Waals surface area contributed by atoms with Crippen molar-refractivity contribution in [3.8, 4) is 0 Å². The number of nitrogens with one attached hydrogen (secondary N) is 1. The SMILES string of the molecule is O=C(CCc1ccccc1C(=O)O)NCCCOCC1CCOC1. The molecule has 6 nitrogen and oxygen atoms in total. The molecule has 24 heavy (non-hydrogen) atoms. The third-order valence-electron chi connectivity index (χ3n) is 4.03. The summed E-state index contributed by atoms with van der Waals surface area (Å²) in [5, 5.41) is 12.0. The molecule has 0 aliphatic carbocycles. The highest BCUT2D eigenvalue weighted by Crippen LogP contribution is 2.12. The Labute approximate surface area is 142 Å². The van der Waals surface area contributed by atoms with Gasteiger partial charge in [-0.1, -0.05) is 18.2 Å². The van der Waals surface area contributed by atoms with Crippen LogP contribution in [-0.4, -0.2) is 50.0 Å². The van der Waals surface area contributed by atoms with E-state index in [2.05, 4.69) is 5.32 Å². The minimum Gasteiger partial charge on any atom is -0.478 e. The molecule has 1 aliphatic heterocycles. The Kier molecular flexibility index (Phi) is 7.71. The molecule has 2 rings (SSSR count). The molecule has 0 bridgehead atoms. The molecule has 1 amide bonds. The molecule has 0 saturated carbocycles. The maximum absolute atomic E-state index is 11.8. The Hall–Kier alpha value is -1.92. The van der Waals surface area contributed by atoms with Crippen molar-refractivity contribution in [1.29, 1.82) is 0 Å². The van der Waals surface area contributed by atoms with Crippen LogP contribution >= 0.6 is 0 Å². The van der Waals surface area contributed by atoms with Gasteiger partial charge < -0.3 is 19.9 Å². The van der Waals surface area contributed by atoms with Crippen molar-refractivity contribution in [2.75, 3.05) is 33.0 Å². The second-order valence-corrected chi connectivity index (χ2v) is 5.97. The molecule has 1 heterocycles. The van der Waals surface area contributed by atoms with E-state index in [0.29, 0.717) is 31.1 Å².